The number of allylic oxidation sites excluding steroid dienone is 2. The molecule has 0 bridgehead atoms. The highest BCUT2D eigenvalue weighted by molar-refractivity contribution is 7.86. The zero-order valence-electron chi connectivity index (χ0n) is 9.41. The molecule has 0 fully saturated rings. The van der Waals surface area contributed by atoms with Crippen molar-refractivity contribution in [2.75, 3.05) is 6.26 Å². The molecule has 0 aliphatic carbocycles. The molecule has 0 unspecified atom stereocenters. The monoisotopic (exact) mass is 220 g/mol. The van der Waals surface area contributed by atoms with Crippen LogP contribution in [0.5, 0.6) is 0 Å². The second-order valence-electron chi connectivity index (χ2n) is 3.59. The summed E-state index contributed by atoms with van der Waals surface area (Å²) < 4.78 is 26.3. The predicted octanol–water partition coefficient (Wildman–Crippen LogP) is 2.49. The van der Waals surface area contributed by atoms with Crippen molar-refractivity contribution in [2.45, 2.75) is 46.1 Å². The second kappa shape index (κ2) is 6.19. The maximum atomic E-state index is 10.8. The summed E-state index contributed by atoms with van der Waals surface area (Å²) in [6.07, 6.45) is 5.63. The number of hydrogen-bond acceptors (Lipinski definition) is 3. The average molecular weight is 220 g/mol. The van der Waals surface area contributed by atoms with Crippen LogP contribution in [0.3, 0.4) is 0 Å². The minimum atomic E-state index is -3.30. The van der Waals surface area contributed by atoms with Crippen molar-refractivity contribution < 1.29 is 12.6 Å². The fraction of sp³-hybridized carbons (Fsp3) is 0.800. The molecule has 3 nitrogen and oxygen atoms in total. The first-order valence-electron chi connectivity index (χ1n) is 4.89. The molecule has 0 saturated carbocycles. The third-order valence-electron chi connectivity index (χ3n) is 1.96. The summed E-state index contributed by atoms with van der Waals surface area (Å²) in [4.78, 5) is 0. The number of hydrogen-bond donors (Lipinski definition) is 0. The van der Waals surface area contributed by atoms with Gasteiger partial charge in [0.2, 0.25) is 0 Å². The van der Waals surface area contributed by atoms with Crippen molar-refractivity contribution in [2.24, 2.45) is 0 Å². The molecule has 0 aromatic carbocycles. The molecule has 0 spiro atoms. The summed E-state index contributed by atoms with van der Waals surface area (Å²) >= 11 is 0. The summed E-state index contributed by atoms with van der Waals surface area (Å²) in [6, 6.07) is 0. The maximum absolute atomic E-state index is 10.8. The van der Waals surface area contributed by atoms with Crippen LogP contribution in [0.1, 0.15) is 40.0 Å². The first kappa shape index (κ1) is 13.7. The molecule has 14 heavy (non-hydrogen) atoms. The molecule has 0 aromatic rings. The van der Waals surface area contributed by atoms with E-state index < -0.39 is 10.1 Å². The van der Waals surface area contributed by atoms with Crippen molar-refractivity contribution in [1.82, 2.24) is 0 Å². The van der Waals surface area contributed by atoms with Crippen molar-refractivity contribution in [3.05, 3.63) is 11.6 Å². The van der Waals surface area contributed by atoms with Gasteiger partial charge in [0.1, 0.15) is 0 Å². The molecule has 0 N–H and O–H groups in total. The Bertz CT molecular complexity index is 278. The zero-order valence-corrected chi connectivity index (χ0v) is 10.2. The van der Waals surface area contributed by atoms with E-state index >= 15 is 0 Å². The fourth-order valence-electron chi connectivity index (χ4n) is 1.06. The van der Waals surface area contributed by atoms with E-state index in [9.17, 15) is 8.42 Å². The molecule has 0 rings (SSSR count). The van der Waals surface area contributed by atoms with E-state index in [-0.39, 0.29) is 6.10 Å². The van der Waals surface area contributed by atoms with Gasteiger partial charge in [-0.05, 0) is 33.1 Å². The van der Waals surface area contributed by atoms with Crippen LogP contribution >= 0.6 is 0 Å². The van der Waals surface area contributed by atoms with Crippen LogP contribution in [0, 0.1) is 0 Å². The van der Waals surface area contributed by atoms with Crippen LogP contribution in [-0.2, 0) is 14.3 Å². The van der Waals surface area contributed by atoms with Gasteiger partial charge in [0.25, 0.3) is 10.1 Å². The highest BCUT2D eigenvalue weighted by atomic mass is 32.2. The minimum Gasteiger partial charge on any atom is -0.267 e. The molecule has 0 aliphatic rings. The molecule has 0 aliphatic heterocycles. The van der Waals surface area contributed by atoms with Gasteiger partial charge in [-0.3, -0.25) is 4.18 Å². The molecule has 0 amide bonds. The van der Waals surface area contributed by atoms with Crippen LogP contribution in [0.25, 0.3) is 0 Å². The predicted molar refractivity (Wildman–Crippen MR) is 58.7 cm³/mol. The lowest BCUT2D eigenvalue weighted by Gasteiger charge is -2.09. The van der Waals surface area contributed by atoms with E-state index in [1.807, 2.05) is 0 Å². The molecule has 84 valence electrons. The topological polar surface area (TPSA) is 43.4 Å². The van der Waals surface area contributed by atoms with Gasteiger partial charge in [0, 0.05) is 0 Å². The summed E-state index contributed by atoms with van der Waals surface area (Å²) in [5.74, 6) is 0. The Labute approximate surface area is 87.3 Å². The van der Waals surface area contributed by atoms with E-state index in [0.29, 0.717) is 0 Å². The molecule has 0 saturated heterocycles. The van der Waals surface area contributed by atoms with Crippen LogP contribution < -0.4 is 0 Å². The van der Waals surface area contributed by atoms with Crippen LogP contribution in [0.15, 0.2) is 11.6 Å². The second-order valence-corrected chi connectivity index (χ2v) is 5.19. The lowest BCUT2D eigenvalue weighted by Crippen LogP contribution is -2.13. The van der Waals surface area contributed by atoms with E-state index in [2.05, 4.69) is 19.9 Å². The molecule has 1 atom stereocenters. The number of rotatable bonds is 6. The zero-order chi connectivity index (χ0) is 11.2. The molecule has 0 aromatic heterocycles. The standard InChI is InChI=1S/C10H20O3S/c1-5-9(2)7-6-8-10(3)13-14(4,11)12/h7,10H,5-6,8H2,1-4H3/t10-/m1/s1. The molecule has 0 heterocycles. The SMILES string of the molecule is CCC(C)=CCC[C@@H](C)OS(C)(=O)=O. The average Bonchev–Trinajstić information content (AvgIpc) is 2.00. The Kier molecular flexibility index (Phi) is 6.04. The van der Waals surface area contributed by atoms with Gasteiger partial charge in [0.15, 0.2) is 0 Å². The minimum absolute atomic E-state index is 0.231. The summed E-state index contributed by atoms with van der Waals surface area (Å²) in [5, 5.41) is 0. The maximum Gasteiger partial charge on any atom is 0.264 e. The van der Waals surface area contributed by atoms with Crippen LogP contribution in [0.4, 0.5) is 0 Å². The third-order valence-corrected chi connectivity index (χ3v) is 2.64. The van der Waals surface area contributed by atoms with Crippen molar-refractivity contribution in [1.29, 1.82) is 0 Å². The lowest BCUT2D eigenvalue weighted by molar-refractivity contribution is 0.222. The van der Waals surface area contributed by atoms with Crippen LogP contribution in [0.2, 0.25) is 0 Å². The van der Waals surface area contributed by atoms with Crippen molar-refractivity contribution in [3.8, 4) is 0 Å². The fourth-order valence-corrected chi connectivity index (χ4v) is 1.75. The highest BCUT2D eigenvalue weighted by Gasteiger charge is 2.08. The van der Waals surface area contributed by atoms with Gasteiger partial charge in [0.05, 0.1) is 12.4 Å². The van der Waals surface area contributed by atoms with E-state index in [1.54, 1.807) is 6.92 Å². The van der Waals surface area contributed by atoms with Crippen LogP contribution in [-0.4, -0.2) is 20.8 Å². The molecule has 4 heteroatoms. The molecule has 0 radical (unpaired) electrons. The molecular weight excluding hydrogens is 200 g/mol. The smallest absolute Gasteiger partial charge is 0.264 e. The van der Waals surface area contributed by atoms with E-state index in [0.717, 1.165) is 25.5 Å². The Morgan fingerprint density at radius 3 is 2.50 bits per heavy atom. The van der Waals surface area contributed by atoms with Gasteiger partial charge in [-0.15, -0.1) is 0 Å². The van der Waals surface area contributed by atoms with Crippen molar-refractivity contribution >= 4 is 10.1 Å². The lowest BCUT2D eigenvalue weighted by atomic mass is 10.1. The van der Waals surface area contributed by atoms with Gasteiger partial charge >= 0.3 is 0 Å². The Hall–Kier alpha value is -0.350. The van der Waals surface area contributed by atoms with E-state index in [1.165, 1.54) is 5.57 Å². The van der Waals surface area contributed by atoms with E-state index in [4.69, 9.17) is 4.18 Å². The van der Waals surface area contributed by atoms with Gasteiger partial charge in [-0.2, -0.15) is 8.42 Å². The summed E-state index contributed by atoms with van der Waals surface area (Å²) in [7, 11) is -3.30. The Balaban J connectivity index is 3.81. The van der Waals surface area contributed by atoms with Gasteiger partial charge in [-0.1, -0.05) is 18.6 Å². The largest absolute Gasteiger partial charge is 0.267 e. The van der Waals surface area contributed by atoms with Gasteiger partial charge in [-0.25, -0.2) is 0 Å². The quantitative estimate of drug-likeness (QED) is 0.510. The summed E-state index contributed by atoms with van der Waals surface area (Å²) in [6.45, 7) is 5.94. The van der Waals surface area contributed by atoms with Gasteiger partial charge < -0.3 is 0 Å². The highest BCUT2D eigenvalue weighted by Crippen LogP contribution is 2.08. The Morgan fingerprint density at radius 2 is 2.07 bits per heavy atom. The Morgan fingerprint density at radius 1 is 1.50 bits per heavy atom. The third kappa shape index (κ3) is 8.26. The molecular formula is C10H20O3S. The first-order valence-corrected chi connectivity index (χ1v) is 6.70. The normalized spacial score (nSPS) is 15.6. The summed E-state index contributed by atoms with van der Waals surface area (Å²) in [5.41, 5.74) is 1.33. The first-order chi connectivity index (χ1) is 6.35. The van der Waals surface area contributed by atoms with Crippen molar-refractivity contribution in [3.63, 3.8) is 0 Å².